The van der Waals surface area contributed by atoms with Crippen molar-refractivity contribution in [3.05, 3.63) is 28.8 Å². The SMILES string of the molecule is N#Cc1ccc(Cl)cc1OC[C@H]1CO1. The third kappa shape index (κ3) is 2.16. The van der Waals surface area contributed by atoms with E-state index in [-0.39, 0.29) is 6.10 Å². The standard InChI is InChI=1S/C10H8ClNO2/c11-8-2-1-7(4-12)10(3-8)14-6-9-5-13-9/h1-3,9H,5-6H2/t9-/m1/s1. The molecule has 0 bridgehead atoms. The van der Waals surface area contributed by atoms with Crippen LogP contribution in [0.1, 0.15) is 5.56 Å². The summed E-state index contributed by atoms with van der Waals surface area (Å²) in [7, 11) is 0. The van der Waals surface area contributed by atoms with Crippen LogP contribution in [0.4, 0.5) is 0 Å². The molecule has 0 spiro atoms. The lowest BCUT2D eigenvalue weighted by molar-refractivity contribution is 0.262. The minimum Gasteiger partial charge on any atom is -0.489 e. The van der Waals surface area contributed by atoms with Crippen molar-refractivity contribution >= 4 is 11.6 Å². The molecule has 1 atom stereocenters. The van der Waals surface area contributed by atoms with E-state index < -0.39 is 0 Å². The normalized spacial score (nSPS) is 18.7. The molecule has 2 rings (SSSR count). The van der Waals surface area contributed by atoms with Gasteiger partial charge in [0.25, 0.3) is 0 Å². The zero-order valence-electron chi connectivity index (χ0n) is 7.37. The smallest absolute Gasteiger partial charge is 0.138 e. The molecule has 4 heteroatoms. The van der Waals surface area contributed by atoms with Gasteiger partial charge in [-0.15, -0.1) is 0 Å². The number of halogens is 1. The second kappa shape index (κ2) is 3.87. The Balaban J connectivity index is 2.12. The molecule has 0 radical (unpaired) electrons. The van der Waals surface area contributed by atoms with Crippen molar-refractivity contribution in [2.45, 2.75) is 6.10 Å². The first-order chi connectivity index (χ1) is 6.79. The number of nitriles is 1. The van der Waals surface area contributed by atoms with Gasteiger partial charge in [-0.1, -0.05) is 11.6 Å². The van der Waals surface area contributed by atoms with Crippen molar-refractivity contribution in [2.24, 2.45) is 0 Å². The molecule has 72 valence electrons. The zero-order valence-corrected chi connectivity index (χ0v) is 8.12. The first-order valence-corrected chi connectivity index (χ1v) is 4.61. The summed E-state index contributed by atoms with van der Waals surface area (Å²) in [5, 5.41) is 9.35. The van der Waals surface area contributed by atoms with Crippen LogP contribution in [0.3, 0.4) is 0 Å². The zero-order chi connectivity index (χ0) is 9.97. The minimum absolute atomic E-state index is 0.181. The van der Waals surface area contributed by atoms with Crippen molar-refractivity contribution in [3.8, 4) is 11.8 Å². The Hall–Kier alpha value is -1.24. The topological polar surface area (TPSA) is 45.5 Å². The monoisotopic (exact) mass is 209 g/mol. The third-order valence-electron chi connectivity index (χ3n) is 1.89. The van der Waals surface area contributed by atoms with E-state index in [1.165, 1.54) is 0 Å². The van der Waals surface area contributed by atoms with Crippen LogP contribution in [0, 0.1) is 11.3 Å². The van der Waals surface area contributed by atoms with Crippen LogP contribution < -0.4 is 4.74 Å². The first kappa shape index (κ1) is 9.32. The van der Waals surface area contributed by atoms with Crippen LogP contribution in [0.15, 0.2) is 18.2 Å². The van der Waals surface area contributed by atoms with Crippen molar-refractivity contribution in [2.75, 3.05) is 13.2 Å². The Morgan fingerprint density at radius 1 is 1.64 bits per heavy atom. The Kier molecular flexibility index (Phi) is 2.58. The predicted molar refractivity (Wildman–Crippen MR) is 51.4 cm³/mol. The summed E-state index contributed by atoms with van der Waals surface area (Å²) in [5.41, 5.74) is 0.495. The molecule has 1 aromatic rings. The van der Waals surface area contributed by atoms with Gasteiger partial charge >= 0.3 is 0 Å². The number of ether oxygens (including phenoxy) is 2. The second-order valence-electron chi connectivity index (χ2n) is 3.02. The molecule has 1 fully saturated rings. The van der Waals surface area contributed by atoms with E-state index in [0.29, 0.717) is 22.9 Å². The van der Waals surface area contributed by atoms with E-state index in [4.69, 9.17) is 26.3 Å². The van der Waals surface area contributed by atoms with Gasteiger partial charge in [-0.3, -0.25) is 0 Å². The number of rotatable bonds is 3. The highest BCUT2D eigenvalue weighted by Gasteiger charge is 2.23. The van der Waals surface area contributed by atoms with Gasteiger partial charge in [-0.05, 0) is 12.1 Å². The lowest BCUT2D eigenvalue weighted by Crippen LogP contribution is -2.05. The highest BCUT2D eigenvalue weighted by molar-refractivity contribution is 6.30. The Morgan fingerprint density at radius 3 is 3.07 bits per heavy atom. The average Bonchev–Trinajstić information content (AvgIpc) is 2.98. The van der Waals surface area contributed by atoms with Gasteiger partial charge in [-0.25, -0.2) is 0 Å². The van der Waals surface area contributed by atoms with Gasteiger partial charge in [0.2, 0.25) is 0 Å². The van der Waals surface area contributed by atoms with Gasteiger partial charge in [0.15, 0.2) is 0 Å². The molecule has 1 aromatic carbocycles. The molecular weight excluding hydrogens is 202 g/mol. The highest BCUT2D eigenvalue weighted by atomic mass is 35.5. The van der Waals surface area contributed by atoms with Crippen molar-refractivity contribution < 1.29 is 9.47 Å². The van der Waals surface area contributed by atoms with Gasteiger partial charge in [0, 0.05) is 11.1 Å². The maximum Gasteiger partial charge on any atom is 0.138 e. The summed E-state index contributed by atoms with van der Waals surface area (Å²) >= 11 is 5.78. The van der Waals surface area contributed by atoms with E-state index >= 15 is 0 Å². The Bertz CT molecular complexity index is 382. The number of hydrogen-bond donors (Lipinski definition) is 0. The highest BCUT2D eigenvalue weighted by Crippen LogP contribution is 2.23. The Labute approximate surface area is 86.8 Å². The van der Waals surface area contributed by atoms with E-state index in [1.54, 1.807) is 18.2 Å². The fourth-order valence-electron chi connectivity index (χ4n) is 1.05. The molecule has 1 aliphatic heterocycles. The van der Waals surface area contributed by atoms with Crippen LogP contribution in [-0.2, 0) is 4.74 Å². The molecule has 0 unspecified atom stereocenters. The van der Waals surface area contributed by atoms with Crippen molar-refractivity contribution in [1.82, 2.24) is 0 Å². The van der Waals surface area contributed by atoms with Crippen LogP contribution >= 0.6 is 11.6 Å². The van der Waals surface area contributed by atoms with E-state index in [1.807, 2.05) is 6.07 Å². The summed E-state index contributed by atoms with van der Waals surface area (Å²) < 4.78 is 10.4. The maximum absolute atomic E-state index is 8.79. The van der Waals surface area contributed by atoms with Gasteiger partial charge in [0.1, 0.15) is 24.5 Å². The number of nitrogens with zero attached hydrogens (tertiary/aromatic N) is 1. The summed E-state index contributed by atoms with van der Waals surface area (Å²) in [5.74, 6) is 0.524. The number of epoxide rings is 1. The lowest BCUT2D eigenvalue weighted by Gasteiger charge is -2.05. The molecule has 3 nitrogen and oxygen atoms in total. The molecule has 0 saturated carbocycles. The third-order valence-corrected chi connectivity index (χ3v) is 2.13. The summed E-state index contributed by atoms with van der Waals surface area (Å²) in [4.78, 5) is 0. The maximum atomic E-state index is 8.79. The second-order valence-corrected chi connectivity index (χ2v) is 3.46. The molecule has 0 aromatic heterocycles. The van der Waals surface area contributed by atoms with Crippen molar-refractivity contribution in [1.29, 1.82) is 5.26 Å². The molecule has 1 aliphatic rings. The van der Waals surface area contributed by atoms with E-state index in [9.17, 15) is 0 Å². The molecule has 14 heavy (non-hydrogen) atoms. The van der Waals surface area contributed by atoms with Gasteiger partial charge < -0.3 is 9.47 Å². The van der Waals surface area contributed by atoms with Crippen LogP contribution in [0.5, 0.6) is 5.75 Å². The Morgan fingerprint density at radius 2 is 2.43 bits per heavy atom. The first-order valence-electron chi connectivity index (χ1n) is 4.23. The minimum atomic E-state index is 0.181. The van der Waals surface area contributed by atoms with Crippen molar-refractivity contribution in [3.63, 3.8) is 0 Å². The van der Waals surface area contributed by atoms with Crippen LogP contribution in [-0.4, -0.2) is 19.3 Å². The molecule has 1 saturated heterocycles. The van der Waals surface area contributed by atoms with Crippen LogP contribution in [0.2, 0.25) is 5.02 Å². The summed E-state index contributed by atoms with van der Waals surface area (Å²) in [6, 6.07) is 7.00. The summed E-state index contributed by atoms with van der Waals surface area (Å²) in [6.07, 6.45) is 0.181. The quantitative estimate of drug-likeness (QED) is 0.716. The molecule has 0 N–H and O–H groups in total. The van der Waals surface area contributed by atoms with Crippen LogP contribution in [0.25, 0.3) is 0 Å². The number of hydrogen-bond acceptors (Lipinski definition) is 3. The fourth-order valence-corrected chi connectivity index (χ4v) is 1.22. The predicted octanol–water partition coefficient (Wildman–Crippen LogP) is 1.99. The fraction of sp³-hybridized carbons (Fsp3) is 0.300. The summed E-state index contributed by atoms with van der Waals surface area (Å²) in [6.45, 7) is 1.22. The average molecular weight is 210 g/mol. The van der Waals surface area contributed by atoms with E-state index in [2.05, 4.69) is 0 Å². The molecule has 1 heterocycles. The largest absolute Gasteiger partial charge is 0.489 e. The molecule has 0 amide bonds. The number of benzene rings is 1. The van der Waals surface area contributed by atoms with Gasteiger partial charge in [0.05, 0.1) is 12.2 Å². The van der Waals surface area contributed by atoms with E-state index in [0.717, 1.165) is 6.61 Å². The van der Waals surface area contributed by atoms with Gasteiger partial charge in [-0.2, -0.15) is 5.26 Å². The molecular formula is C10H8ClNO2. The lowest BCUT2D eigenvalue weighted by atomic mass is 10.2. The molecule has 0 aliphatic carbocycles.